The zero-order valence-electron chi connectivity index (χ0n) is 10.6. The summed E-state index contributed by atoms with van der Waals surface area (Å²) in [4.78, 5) is 0. The van der Waals surface area contributed by atoms with Crippen LogP contribution >= 0.6 is 0 Å². The topological polar surface area (TPSA) is 26.0 Å². The molecule has 0 aliphatic rings. The molecule has 1 atom stereocenters. The van der Waals surface area contributed by atoms with Gasteiger partial charge in [0.05, 0.1) is 0 Å². The maximum Gasteiger partial charge on any atom is 0.123 e. The van der Waals surface area contributed by atoms with Crippen molar-refractivity contribution in [1.29, 1.82) is 0 Å². The van der Waals surface area contributed by atoms with Crippen LogP contribution in [0.25, 0.3) is 0 Å². The van der Waals surface area contributed by atoms with E-state index in [2.05, 4.69) is 12.1 Å². The van der Waals surface area contributed by atoms with E-state index in [1.54, 1.807) is 6.07 Å². The first-order valence-electron chi connectivity index (χ1n) is 6.20. The number of hydrogen-bond acceptors (Lipinski definition) is 1. The summed E-state index contributed by atoms with van der Waals surface area (Å²) in [5.74, 6) is 0.107. The highest BCUT2D eigenvalue weighted by atomic mass is 19.1. The van der Waals surface area contributed by atoms with Gasteiger partial charge in [0.25, 0.3) is 0 Å². The van der Waals surface area contributed by atoms with Crippen molar-refractivity contribution >= 4 is 0 Å². The Morgan fingerprint density at radius 2 is 1.83 bits per heavy atom. The van der Waals surface area contributed by atoms with Gasteiger partial charge in [-0.15, -0.1) is 0 Å². The van der Waals surface area contributed by atoms with E-state index in [0.29, 0.717) is 6.54 Å². The monoisotopic (exact) mass is 243 g/mol. The molecule has 0 aliphatic carbocycles. The lowest BCUT2D eigenvalue weighted by Gasteiger charge is -2.16. The molecule has 0 saturated carbocycles. The summed E-state index contributed by atoms with van der Waals surface area (Å²) in [6.45, 7) is 2.54. The van der Waals surface area contributed by atoms with Crippen molar-refractivity contribution in [3.05, 3.63) is 71.0 Å². The minimum atomic E-state index is -0.180. The number of hydrogen-bond donors (Lipinski definition) is 1. The molecule has 1 unspecified atom stereocenters. The number of benzene rings is 2. The van der Waals surface area contributed by atoms with Gasteiger partial charge in [-0.3, -0.25) is 0 Å². The van der Waals surface area contributed by atoms with Gasteiger partial charge in [-0.2, -0.15) is 0 Å². The van der Waals surface area contributed by atoms with Gasteiger partial charge in [0.2, 0.25) is 0 Å². The number of rotatable bonds is 4. The number of halogens is 1. The summed E-state index contributed by atoms with van der Waals surface area (Å²) in [6, 6.07) is 15.2. The standard InChI is InChI=1S/C16H18FN/c1-12-9-16(17)8-7-14(12)10-15(11-18)13-5-3-2-4-6-13/h2-9,15H,10-11,18H2,1H3. The molecular formula is C16H18FN. The van der Waals surface area contributed by atoms with Gasteiger partial charge in [0, 0.05) is 5.92 Å². The van der Waals surface area contributed by atoms with Crippen LogP contribution in [0.3, 0.4) is 0 Å². The van der Waals surface area contributed by atoms with E-state index in [4.69, 9.17) is 5.73 Å². The quantitative estimate of drug-likeness (QED) is 0.874. The van der Waals surface area contributed by atoms with E-state index in [-0.39, 0.29) is 11.7 Å². The first kappa shape index (κ1) is 12.8. The molecule has 0 radical (unpaired) electrons. The highest BCUT2D eigenvalue weighted by Gasteiger charge is 2.11. The third kappa shape index (κ3) is 2.96. The molecule has 2 N–H and O–H groups in total. The molecule has 0 saturated heterocycles. The maximum atomic E-state index is 13.1. The maximum absolute atomic E-state index is 13.1. The molecule has 0 fully saturated rings. The predicted molar refractivity (Wildman–Crippen MR) is 73.1 cm³/mol. The summed E-state index contributed by atoms with van der Waals surface area (Å²) >= 11 is 0. The molecule has 18 heavy (non-hydrogen) atoms. The summed E-state index contributed by atoms with van der Waals surface area (Å²) < 4.78 is 13.1. The van der Waals surface area contributed by atoms with E-state index in [1.165, 1.54) is 11.6 Å². The molecule has 0 aliphatic heterocycles. The summed E-state index contributed by atoms with van der Waals surface area (Å²) in [6.07, 6.45) is 0.854. The lowest BCUT2D eigenvalue weighted by Crippen LogP contribution is -2.15. The minimum Gasteiger partial charge on any atom is -0.330 e. The molecule has 0 amide bonds. The second kappa shape index (κ2) is 5.78. The van der Waals surface area contributed by atoms with Crippen molar-refractivity contribution in [3.63, 3.8) is 0 Å². The van der Waals surface area contributed by atoms with Gasteiger partial charge >= 0.3 is 0 Å². The van der Waals surface area contributed by atoms with Gasteiger partial charge in [0.1, 0.15) is 5.82 Å². The largest absolute Gasteiger partial charge is 0.330 e. The van der Waals surface area contributed by atoms with Crippen LogP contribution in [0.2, 0.25) is 0 Å². The Morgan fingerprint density at radius 3 is 2.44 bits per heavy atom. The summed E-state index contributed by atoms with van der Waals surface area (Å²) in [7, 11) is 0. The normalized spacial score (nSPS) is 12.4. The Morgan fingerprint density at radius 1 is 1.11 bits per heavy atom. The van der Waals surface area contributed by atoms with Crippen molar-refractivity contribution < 1.29 is 4.39 Å². The van der Waals surface area contributed by atoms with Crippen LogP contribution in [0.4, 0.5) is 4.39 Å². The molecule has 1 nitrogen and oxygen atoms in total. The Kier molecular flexibility index (Phi) is 4.11. The lowest BCUT2D eigenvalue weighted by atomic mass is 9.90. The molecule has 94 valence electrons. The van der Waals surface area contributed by atoms with Crippen molar-refractivity contribution in [2.24, 2.45) is 5.73 Å². The van der Waals surface area contributed by atoms with Crippen molar-refractivity contribution in [3.8, 4) is 0 Å². The zero-order chi connectivity index (χ0) is 13.0. The average molecular weight is 243 g/mol. The SMILES string of the molecule is Cc1cc(F)ccc1CC(CN)c1ccccc1. The van der Waals surface area contributed by atoms with E-state index in [0.717, 1.165) is 17.5 Å². The van der Waals surface area contributed by atoms with E-state index in [1.807, 2.05) is 31.2 Å². The Labute approximate surface area is 107 Å². The van der Waals surface area contributed by atoms with Crippen LogP contribution in [0.1, 0.15) is 22.6 Å². The smallest absolute Gasteiger partial charge is 0.123 e. The fourth-order valence-electron chi connectivity index (χ4n) is 2.22. The third-order valence-corrected chi connectivity index (χ3v) is 3.33. The van der Waals surface area contributed by atoms with Crippen molar-refractivity contribution in [2.45, 2.75) is 19.3 Å². The van der Waals surface area contributed by atoms with Crippen LogP contribution < -0.4 is 5.73 Å². The molecule has 0 spiro atoms. The molecule has 2 heteroatoms. The second-order valence-corrected chi connectivity index (χ2v) is 4.62. The molecular weight excluding hydrogens is 225 g/mol. The first-order chi connectivity index (χ1) is 8.70. The van der Waals surface area contributed by atoms with E-state index in [9.17, 15) is 4.39 Å². The predicted octanol–water partition coefficient (Wildman–Crippen LogP) is 3.42. The van der Waals surface area contributed by atoms with Gasteiger partial charge in [0.15, 0.2) is 0 Å². The van der Waals surface area contributed by atoms with Gasteiger partial charge in [-0.05, 0) is 48.7 Å². The zero-order valence-corrected chi connectivity index (χ0v) is 10.6. The van der Waals surface area contributed by atoms with Crippen molar-refractivity contribution in [1.82, 2.24) is 0 Å². The summed E-state index contributed by atoms with van der Waals surface area (Å²) in [5.41, 5.74) is 9.25. The highest BCUT2D eigenvalue weighted by molar-refractivity contribution is 5.30. The molecule has 0 heterocycles. The number of nitrogens with two attached hydrogens (primary N) is 1. The van der Waals surface area contributed by atoms with Crippen LogP contribution in [0.15, 0.2) is 48.5 Å². The molecule has 0 bridgehead atoms. The van der Waals surface area contributed by atoms with Gasteiger partial charge in [-0.1, -0.05) is 36.4 Å². The average Bonchev–Trinajstić information content (AvgIpc) is 2.39. The molecule has 0 aromatic heterocycles. The Hall–Kier alpha value is -1.67. The van der Waals surface area contributed by atoms with Crippen LogP contribution in [-0.2, 0) is 6.42 Å². The molecule has 2 aromatic carbocycles. The Bertz CT molecular complexity index is 508. The van der Waals surface area contributed by atoms with Crippen LogP contribution in [0.5, 0.6) is 0 Å². The summed E-state index contributed by atoms with van der Waals surface area (Å²) in [5, 5.41) is 0. The van der Waals surface area contributed by atoms with E-state index >= 15 is 0 Å². The number of aryl methyl sites for hydroxylation is 1. The third-order valence-electron chi connectivity index (χ3n) is 3.33. The fraction of sp³-hybridized carbons (Fsp3) is 0.250. The minimum absolute atomic E-state index is 0.180. The van der Waals surface area contributed by atoms with Crippen LogP contribution in [-0.4, -0.2) is 6.54 Å². The highest BCUT2D eigenvalue weighted by Crippen LogP contribution is 2.22. The molecule has 2 rings (SSSR count). The fourth-order valence-corrected chi connectivity index (χ4v) is 2.22. The van der Waals surface area contributed by atoms with Crippen molar-refractivity contribution in [2.75, 3.05) is 6.54 Å². The van der Waals surface area contributed by atoms with Gasteiger partial charge in [-0.25, -0.2) is 4.39 Å². The van der Waals surface area contributed by atoms with Gasteiger partial charge < -0.3 is 5.73 Å². The first-order valence-corrected chi connectivity index (χ1v) is 6.20. The molecule has 2 aromatic rings. The second-order valence-electron chi connectivity index (χ2n) is 4.62. The van der Waals surface area contributed by atoms with Crippen LogP contribution in [0, 0.1) is 12.7 Å². The Balaban J connectivity index is 2.21. The van der Waals surface area contributed by atoms with E-state index < -0.39 is 0 Å². The lowest BCUT2D eigenvalue weighted by molar-refractivity contribution is 0.623.